The van der Waals surface area contributed by atoms with Crippen molar-refractivity contribution >= 4 is 0 Å². The largest absolute Gasteiger partial charge is 0.316 e. The van der Waals surface area contributed by atoms with E-state index in [0.717, 1.165) is 12.5 Å². The lowest BCUT2D eigenvalue weighted by molar-refractivity contribution is 0.324. The van der Waals surface area contributed by atoms with E-state index in [-0.39, 0.29) is 0 Å². The molecule has 1 fully saturated rings. The smallest absolute Gasteiger partial charge is 0.000780 e. The quantitative estimate of drug-likeness (QED) is 0.639. The van der Waals surface area contributed by atoms with Crippen molar-refractivity contribution < 1.29 is 0 Å². The molecule has 0 aromatic rings. The third-order valence-corrected chi connectivity index (χ3v) is 3.58. The van der Waals surface area contributed by atoms with Gasteiger partial charge in [-0.3, -0.25) is 0 Å². The summed E-state index contributed by atoms with van der Waals surface area (Å²) in [5, 5.41) is 3.50. The van der Waals surface area contributed by atoms with Gasteiger partial charge in [-0.1, -0.05) is 33.6 Å². The lowest BCUT2D eigenvalue weighted by atomic mass is 9.88. The van der Waals surface area contributed by atoms with Gasteiger partial charge < -0.3 is 5.32 Å². The van der Waals surface area contributed by atoms with Crippen LogP contribution in [0.3, 0.4) is 0 Å². The summed E-state index contributed by atoms with van der Waals surface area (Å²) in [6.45, 7) is 9.26. The topological polar surface area (TPSA) is 12.0 Å². The van der Waals surface area contributed by atoms with Crippen molar-refractivity contribution in [3.8, 4) is 0 Å². The number of hydrogen-bond donors (Lipinski definition) is 1. The molecule has 1 nitrogen and oxygen atoms in total. The highest BCUT2D eigenvalue weighted by atomic mass is 14.9. The fourth-order valence-corrected chi connectivity index (χ4v) is 2.21. The highest BCUT2D eigenvalue weighted by molar-refractivity contribution is 4.95. The summed E-state index contributed by atoms with van der Waals surface area (Å²) in [5.74, 6) is 0.973. The van der Waals surface area contributed by atoms with E-state index in [4.69, 9.17) is 0 Å². The first-order valence-corrected chi connectivity index (χ1v) is 5.97. The predicted molar refractivity (Wildman–Crippen MR) is 58.9 cm³/mol. The normalized spacial score (nSPS) is 19.4. The first-order chi connectivity index (χ1) is 6.26. The second kappa shape index (κ2) is 4.99. The van der Waals surface area contributed by atoms with Crippen LogP contribution >= 0.6 is 0 Å². The van der Waals surface area contributed by atoms with E-state index in [9.17, 15) is 0 Å². The van der Waals surface area contributed by atoms with Crippen molar-refractivity contribution in [2.75, 3.05) is 13.1 Å². The van der Waals surface area contributed by atoms with Gasteiger partial charge >= 0.3 is 0 Å². The minimum absolute atomic E-state index is 0.715. The van der Waals surface area contributed by atoms with Crippen LogP contribution in [-0.2, 0) is 0 Å². The van der Waals surface area contributed by atoms with E-state index in [1.54, 1.807) is 0 Å². The molecule has 0 aliphatic heterocycles. The molecule has 1 rings (SSSR count). The van der Waals surface area contributed by atoms with Crippen molar-refractivity contribution in [1.29, 1.82) is 0 Å². The van der Waals surface area contributed by atoms with Crippen molar-refractivity contribution in [3.05, 3.63) is 0 Å². The Morgan fingerprint density at radius 2 is 1.77 bits per heavy atom. The second-order valence-electron chi connectivity index (χ2n) is 4.67. The average Bonchev–Trinajstić information content (AvgIpc) is 2.92. The van der Waals surface area contributed by atoms with Gasteiger partial charge in [-0.25, -0.2) is 0 Å². The Balaban J connectivity index is 2.25. The van der Waals surface area contributed by atoms with Crippen LogP contribution in [0.15, 0.2) is 0 Å². The fraction of sp³-hybridized carbons (Fsp3) is 1.00. The van der Waals surface area contributed by atoms with E-state index in [1.165, 1.54) is 38.6 Å². The van der Waals surface area contributed by atoms with Gasteiger partial charge in [0.05, 0.1) is 0 Å². The van der Waals surface area contributed by atoms with Gasteiger partial charge in [0.1, 0.15) is 0 Å². The Morgan fingerprint density at radius 1 is 1.15 bits per heavy atom. The molecule has 0 aromatic carbocycles. The molecule has 0 aromatic heterocycles. The zero-order valence-corrected chi connectivity index (χ0v) is 9.53. The minimum atomic E-state index is 0.715. The van der Waals surface area contributed by atoms with Gasteiger partial charge in [0.2, 0.25) is 0 Å². The van der Waals surface area contributed by atoms with E-state index in [2.05, 4.69) is 26.1 Å². The minimum Gasteiger partial charge on any atom is -0.316 e. The van der Waals surface area contributed by atoms with Gasteiger partial charge in [0.25, 0.3) is 0 Å². The SMILES string of the molecule is CCNCC1(CC(CC)CC)CC1. The summed E-state index contributed by atoms with van der Waals surface area (Å²) in [7, 11) is 0. The molecule has 1 heteroatoms. The molecule has 1 aliphatic rings. The molecule has 0 atom stereocenters. The maximum absolute atomic E-state index is 3.50. The standard InChI is InChI=1S/C12H25N/c1-4-11(5-2)9-12(7-8-12)10-13-6-3/h11,13H,4-10H2,1-3H3. The molecule has 0 saturated heterocycles. The van der Waals surface area contributed by atoms with E-state index >= 15 is 0 Å². The molecule has 0 spiro atoms. The van der Waals surface area contributed by atoms with Crippen LogP contribution in [0, 0.1) is 11.3 Å². The molecule has 0 radical (unpaired) electrons. The summed E-state index contributed by atoms with van der Waals surface area (Å²) in [6.07, 6.45) is 7.13. The summed E-state index contributed by atoms with van der Waals surface area (Å²) in [6, 6.07) is 0. The monoisotopic (exact) mass is 183 g/mol. The lowest BCUT2D eigenvalue weighted by Gasteiger charge is -2.21. The molecular formula is C12H25N. The third-order valence-electron chi connectivity index (χ3n) is 3.58. The molecule has 0 bridgehead atoms. The van der Waals surface area contributed by atoms with Crippen LogP contribution in [-0.4, -0.2) is 13.1 Å². The summed E-state index contributed by atoms with van der Waals surface area (Å²) >= 11 is 0. The van der Waals surface area contributed by atoms with E-state index in [0.29, 0.717) is 5.41 Å². The number of rotatable bonds is 7. The van der Waals surface area contributed by atoms with Crippen LogP contribution in [0.2, 0.25) is 0 Å². The molecule has 1 saturated carbocycles. The van der Waals surface area contributed by atoms with E-state index < -0.39 is 0 Å². The maximum Gasteiger partial charge on any atom is 0.000780 e. The molecule has 0 heterocycles. The Labute approximate surface area is 83.3 Å². The molecule has 0 amide bonds. The zero-order chi connectivity index (χ0) is 9.73. The Hall–Kier alpha value is -0.0400. The maximum atomic E-state index is 3.50. The highest BCUT2D eigenvalue weighted by Crippen LogP contribution is 2.50. The Kier molecular flexibility index (Phi) is 4.24. The molecule has 0 unspecified atom stereocenters. The van der Waals surface area contributed by atoms with Crippen LogP contribution in [0.1, 0.15) is 52.9 Å². The summed E-state index contributed by atoms with van der Waals surface area (Å²) < 4.78 is 0. The first-order valence-electron chi connectivity index (χ1n) is 5.97. The fourth-order valence-electron chi connectivity index (χ4n) is 2.21. The van der Waals surface area contributed by atoms with Gasteiger partial charge in [-0.2, -0.15) is 0 Å². The van der Waals surface area contributed by atoms with Crippen LogP contribution in [0.4, 0.5) is 0 Å². The Bertz CT molecular complexity index is 134. The van der Waals surface area contributed by atoms with Crippen molar-refractivity contribution in [3.63, 3.8) is 0 Å². The molecule has 1 aliphatic carbocycles. The Morgan fingerprint density at radius 3 is 2.15 bits per heavy atom. The van der Waals surface area contributed by atoms with Crippen molar-refractivity contribution in [1.82, 2.24) is 5.32 Å². The zero-order valence-electron chi connectivity index (χ0n) is 9.53. The summed E-state index contributed by atoms with van der Waals surface area (Å²) in [4.78, 5) is 0. The second-order valence-corrected chi connectivity index (χ2v) is 4.67. The number of nitrogens with one attached hydrogen (secondary N) is 1. The lowest BCUT2D eigenvalue weighted by Crippen LogP contribution is -2.25. The summed E-state index contributed by atoms with van der Waals surface area (Å²) in [5.41, 5.74) is 0.715. The van der Waals surface area contributed by atoms with Gasteiger partial charge in [-0.15, -0.1) is 0 Å². The van der Waals surface area contributed by atoms with Crippen LogP contribution in [0.5, 0.6) is 0 Å². The molecule has 13 heavy (non-hydrogen) atoms. The van der Waals surface area contributed by atoms with Gasteiger partial charge in [0, 0.05) is 6.54 Å². The third kappa shape index (κ3) is 3.30. The van der Waals surface area contributed by atoms with E-state index in [1.807, 2.05) is 0 Å². The van der Waals surface area contributed by atoms with Crippen molar-refractivity contribution in [2.45, 2.75) is 52.9 Å². The van der Waals surface area contributed by atoms with Gasteiger partial charge in [-0.05, 0) is 37.1 Å². The molecular weight excluding hydrogens is 158 g/mol. The van der Waals surface area contributed by atoms with Crippen LogP contribution in [0.25, 0.3) is 0 Å². The van der Waals surface area contributed by atoms with Gasteiger partial charge in [0.15, 0.2) is 0 Å². The first kappa shape index (κ1) is 11.0. The van der Waals surface area contributed by atoms with Crippen LogP contribution < -0.4 is 5.32 Å². The highest BCUT2D eigenvalue weighted by Gasteiger charge is 2.42. The molecule has 78 valence electrons. The predicted octanol–water partition coefficient (Wildman–Crippen LogP) is 3.20. The van der Waals surface area contributed by atoms with Crippen molar-refractivity contribution in [2.24, 2.45) is 11.3 Å². The number of hydrogen-bond acceptors (Lipinski definition) is 1. The average molecular weight is 183 g/mol. The molecule has 1 N–H and O–H groups in total.